The summed E-state index contributed by atoms with van der Waals surface area (Å²) in [6.07, 6.45) is 0. The van der Waals surface area contributed by atoms with Gasteiger partial charge in [-0.05, 0) is 17.3 Å². The van der Waals surface area contributed by atoms with Gasteiger partial charge in [-0.2, -0.15) is 0 Å². The molecular formula is C13H21NSi. The third-order valence-corrected chi connectivity index (χ3v) is 8.12. The molecule has 1 nitrogen and oxygen atoms in total. The number of hydrogen-bond donors (Lipinski definition) is 1. The molecule has 1 atom stereocenters. The Hall–Kier alpha value is -0.863. The number of hydrogen-bond acceptors (Lipinski definition) is 1. The summed E-state index contributed by atoms with van der Waals surface area (Å²) < 4.78 is 0. The maximum atomic E-state index is 4.05. The standard InChI is InChI=1S/C13H21NSi/c1-6-15(14-5,13(2,3)4)12-10-8-7-9-11-12/h6-11,14H,1H2,2-5H3. The molecule has 0 aromatic heterocycles. The average molecular weight is 219 g/mol. The smallest absolute Gasteiger partial charge is 0.187 e. The number of nitrogens with one attached hydrogen (secondary N) is 1. The molecule has 1 unspecified atom stereocenters. The first kappa shape index (κ1) is 12.2. The number of rotatable bonds is 3. The van der Waals surface area contributed by atoms with Gasteiger partial charge in [0.25, 0.3) is 0 Å². The predicted molar refractivity (Wildman–Crippen MR) is 70.8 cm³/mol. The van der Waals surface area contributed by atoms with Gasteiger partial charge in [0.1, 0.15) is 0 Å². The lowest BCUT2D eigenvalue weighted by atomic mass is 10.2. The molecule has 1 rings (SSSR count). The van der Waals surface area contributed by atoms with E-state index in [0.29, 0.717) is 0 Å². The van der Waals surface area contributed by atoms with Crippen LogP contribution >= 0.6 is 0 Å². The van der Waals surface area contributed by atoms with E-state index in [0.717, 1.165) is 0 Å². The van der Waals surface area contributed by atoms with Crippen molar-refractivity contribution < 1.29 is 0 Å². The van der Waals surface area contributed by atoms with Crippen molar-refractivity contribution in [2.75, 3.05) is 7.05 Å². The van der Waals surface area contributed by atoms with Gasteiger partial charge in [-0.1, -0.05) is 56.8 Å². The molecule has 0 radical (unpaired) electrons. The zero-order chi connectivity index (χ0) is 11.5. The molecule has 0 bridgehead atoms. The molecule has 0 spiro atoms. The largest absolute Gasteiger partial charge is 0.333 e. The fourth-order valence-electron chi connectivity index (χ4n) is 2.18. The first-order valence-corrected chi connectivity index (χ1v) is 7.43. The van der Waals surface area contributed by atoms with E-state index in [9.17, 15) is 0 Å². The molecule has 0 aliphatic heterocycles. The highest BCUT2D eigenvalue weighted by Crippen LogP contribution is 2.34. The fraction of sp³-hybridized carbons (Fsp3) is 0.385. The predicted octanol–water partition coefficient (Wildman–Crippen LogP) is 2.58. The van der Waals surface area contributed by atoms with Crippen molar-refractivity contribution in [3.8, 4) is 0 Å². The van der Waals surface area contributed by atoms with Gasteiger partial charge in [-0.15, -0.1) is 6.58 Å². The van der Waals surface area contributed by atoms with Crippen molar-refractivity contribution >= 4 is 13.4 Å². The summed E-state index contributed by atoms with van der Waals surface area (Å²) in [6, 6.07) is 10.7. The second-order valence-corrected chi connectivity index (χ2v) is 9.48. The van der Waals surface area contributed by atoms with Crippen LogP contribution in [0.1, 0.15) is 20.8 Å². The van der Waals surface area contributed by atoms with Crippen LogP contribution in [0.3, 0.4) is 0 Å². The van der Waals surface area contributed by atoms with Gasteiger partial charge in [0, 0.05) is 0 Å². The summed E-state index contributed by atoms with van der Waals surface area (Å²) in [5.41, 5.74) is 2.14. The molecule has 15 heavy (non-hydrogen) atoms. The van der Waals surface area contributed by atoms with Crippen molar-refractivity contribution in [1.82, 2.24) is 4.98 Å². The van der Waals surface area contributed by atoms with Crippen molar-refractivity contribution in [2.45, 2.75) is 25.8 Å². The van der Waals surface area contributed by atoms with Crippen LogP contribution in [0, 0.1) is 0 Å². The Morgan fingerprint density at radius 2 is 1.73 bits per heavy atom. The number of benzene rings is 1. The second kappa shape index (κ2) is 4.33. The Morgan fingerprint density at radius 3 is 2.07 bits per heavy atom. The van der Waals surface area contributed by atoms with Crippen LogP contribution in [0.25, 0.3) is 0 Å². The summed E-state index contributed by atoms with van der Waals surface area (Å²) in [5.74, 6) is 0. The fourth-order valence-corrected chi connectivity index (χ4v) is 5.85. The maximum Gasteiger partial charge on any atom is 0.187 e. The quantitative estimate of drug-likeness (QED) is 0.771. The Kier molecular flexibility index (Phi) is 3.53. The summed E-state index contributed by atoms with van der Waals surface area (Å²) in [7, 11) is 0.241. The molecule has 2 heteroatoms. The molecule has 0 saturated heterocycles. The van der Waals surface area contributed by atoms with Crippen molar-refractivity contribution in [3.63, 3.8) is 0 Å². The Morgan fingerprint density at radius 1 is 1.20 bits per heavy atom. The molecular weight excluding hydrogens is 198 g/mol. The SMILES string of the molecule is C=C[Si](NC)(c1ccccc1)C(C)(C)C. The van der Waals surface area contributed by atoms with Crippen molar-refractivity contribution in [3.05, 3.63) is 42.6 Å². The lowest BCUT2D eigenvalue weighted by Gasteiger charge is -2.40. The molecule has 1 aromatic rings. The van der Waals surface area contributed by atoms with Crippen molar-refractivity contribution in [1.29, 1.82) is 0 Å². The molecule has 0 aliphatic carbocycles. The van der Waals surface area contributed by atoms with Gasteiger partial charge in [0.15, 0.2) is 8.24 Å². The third-order valence-electron chi connectivity index (χ3n) is 3.11. The Bertz CT molecular complexity index is 326. The van der Waals surface area contributed by atoms with Gasteiger partial charge in [-0.3, -0.25) is 0 Å². The van der Waals surface area contributed by atoms with E-state index in [1.165, 1.54) is 5.19 Å². The van der Waals surface area contributed by atoms with Crippen LogP contribution in [0.4, 0.5) is 0 Å². The van der Waals surface area contributed by atoms with Crippen LogP contribution in [-0.2, 0) is 0 Å². The van der Waals surface area contributed by atoms with E-state index in [4.69, 9.17) is 0 Å². The molecule has 0 fully saturated rings. The van der Waals surface area contributed by atoms with E-state index in [1.54, 1.807) is 0 Å². The van der Waals surface area contributed by atoms with Crippen LogP contribution in [0.15, 0.2) is 42.6 Å². The normalized spacial score (nSPS) is 15.7. The topological polar surface area (TPSA) is 12.0 Å². The average Bonchev–Trinajstić information content (AvgIpc) is 2.20. The minimum Gasteiger partial charge on any atom is -0.333 e. The second-order valence-electron chi connectivity index (χ2n) is 4.88. The van der Waals surface area contributed by atoms with E-state index in [2.05, 4.69) is 68.4 Å². The zero-order valence-corrected chi connectivity index (χ0v) is 11.2. The highest BCUT2D eigenvalue weighted by molar-refractivity contribution is 6.96. The molecule has 0 aliphatic rings. The summed E-state index contributed by atoms with van der Waals surface area (Å²) in [4.78, 5) is 3.54. The van der Waals surface area contributed by atoms with E-state index >= 15 is 0 Å². The molecule has 1 N–H and O–H groups in total. The van der Waals surface area contributed by atoms with Crippen LogP contribution < -0.4 is 10.2 Å². The maximum absolute atomic E-state index is 4.05. The lowest BCUT2D eigenvalue weighted by molar-refractivity contribution is 0.713. The van der Waals surface area contributed by atoms with E-state index < -0.39 is 8.24 Å². The molecule has 82 valence electrons. The highest BCUT2D eigenvalue weighted by atomic mass is 28.3. The van der Waals surface area contributed by atoms with Gasteiger partial charge in [0.2, 0.25) is 0 Å². The van der Waals surface area contributed by atoms with Gasteiger partial charge >= 0.3 is 0 Å². The first-order valence-electron chi connectivity index (χ1n) is 5.36. The van der Waals surface area contributed by atoms with Gasteiger partial charge < -0.3 is 4.98 Å². The zero-order valence-electron chi connectivity index (χ0n) is 10.2. The first-order chi connectivity index (χ1) is 6.98. The monoisotopic (exact) mass is 219 g/mol. The van der Waals surface area contributed by atoms with Crippen LogP contribution in [-0.4, -0.2) is 15.3 Å². The van der Waals surface area contributed by atoms with Crippen molar-refractivity contribution in [2.24, 2.45) is 0 Å². The molecule has 1 aromatic carbocycles. The Labute approximate surface area is 94.3 Å². The summed E-state index contributed by atoms with van der Waals surface area (Å²) in [5, 5.41) is 1.63. The van der Waals surface area contributed by atoms with Crippen LogP contribution in [0.2, 0.25) is 5.04 Å². The minimum atomic E-state index is -1.81. The molecule has 0 saturated carbocycles. The lowest BCUT2D eigenvalue weighted by Crippen LogP contribution is -2.63. The van der Waals surface area contributed by atoms with Gasteiger partial charge in [-0.25, -0.2) is 0 Å². The summed E-state index contributed by atoms with van der Waals surface area (Å²) >= 11 is 0. The third kappa shape index (κ3) is 2.06. The minimum absolute atomic E-state index is 0.227. The van der Waals surface area contributed by atoms with E-state index in [-0.39, 0.29) is 5.04 Å². The van der Waals surface area contributed by atoms with Crippen LogP contribution in [0.5, 0.6) is 0 Å². The summed E-state index contributed by atoms with van der Waals surface area (Å²) in [6.45, 7) is 10.9. The molecule has 0 heterocycles. The Balaban J connectivity index is 3.30. The van der Waals surface area contributed by atoms with E-state index in [1.807, 2.05) is 7.05 Å². The van der Waals surface area contributed by atoms with Gasteiger partial charge in [0.05, 0.1) is 0 Å². The molecule has 0 amide bonds. The highest BCUT2D eigenvalue weighted by Gasteiger charge is 2.42.